The average Bonchev–Trinajstić information content (AvgIpc) is 2.44. The van der Waals surface area contributed by atoms with Gasteiger partial charge >= 0.3 is 12.1 Å². The van der Waals surface area contributed by atoms with E-state index < -0.39 is 29.6 Å². The molecule has 0 fully saturated rings. The molecule has 0 saturated heterocycles. The number of esters is 1. The quantitative estimate of drug-likeness (QED) is 0.564. The van der Waals surface area contributed by atoms with E-state index in [1.54, 1.807) is 32.9 Å². The minimum absolute atomic E-state index is 0.0298. The second-order valence-corrected chi connectivity index (χ2v) is 7.75. The summed E-state index contributed by atoms with van der Waals surface area (Å²) in [6, 6.07) is 2.63. The molecule has 2 rings (SSSR count). The maximum absolute atomic E-state index is 12.1. The van der Waals surface area contributed by atoms with Crippen LogP contribution in [0.1, 0.15) is 38.8 Å². The monoisotopic (exact) mass is 432 g/mol. The van der Waals surface area contributed by atoms with Gasteiger partial charge in [0.2, 0.25) is 5.91 Å². The zero-order valence-electron chi connectivity index (χ0n) is 13.9. The number of ether oxygens (including phenoxy) is 2. The molecule has 1 atom stereocenters. The highest BCUT2D eigenvalue weighted by atomic mass is 79.9. The van der Waals surface area contributed by atoms with Crippen molar-refractivity contribution in [2.75, 3.05) is 6.54 Å². The lowest BCUT2D eigenvalue weighted by Crippen LogP contribution is -2.42. The fraction of sp³-hybridized carbons (Fsp3) is 0.438. The molecule has 25 heavy (non-hydrogen) atoms. The second kappa shape index (κ2) is 7.61. The van der Waals surface area contributed by atoms with Crippen molar-refractivity contribution in [1.29, 1.82) is 0 Å². The molecule has 7 nitrogen and oxygen atoms in total. The Morgan fingerprint density at radius 2 is 2.08 bits per heavy atom. The molecule has 0 bridgehead atoms. The first-order chi connectivity index (χ1) is 11.5. The third-order valence-corrected chi connectivity index (χ3v) is 3.93. The van der Waals surface area contributed by atoms with Crippen LogP contribution in [-0.4, -0.2) is 30.1 Å². The molecule has 0 aliphatic carbocycles. The van der Waals surface area contributed by atoms with Crippen LogP contribution in [0.15, 0.2) is 16.6 Å². The molecular weight excluding hydrogens is 416 g/mol. The van der Waals surface area contributed by atoms with Crippen molar-refractivity contribution in [1.82, 2.24) is 10.6 Å². The highest BCUT2D eigenvalue weighted by Gasteiger charge is 2.30. The molecule has 1 aliphatic rings. The summed E-state index contributed by atoms with van der Waals surface area (Å²) in [6.45, 7) is 4.88. The zero-order chi connectivity index (χ0) is 18.8. The van der Waals surface area contributed by atoms with Crippen LogP contribution in [0.3, 0.4) is 0 Å². The Labute approximate surface area is 158 Å². The normalized spacial score (nSPS) is 16.5. The standard InChI is InChI=1S/C16H18BrClN2O5/c1-16(2,3)25-15(23)19-7-12(21)20-11-6-13(22)24-14-9(11)4-8(18)5-10(14)17/h4-5,11H,6-7H2,1-3H3,(H,19,23)(H,20,21). The first-order valence-corrected chi connectivity index (χ1v) is 8.68. The van der Waals surface area contributed by atoms with Crippen molar-refractivity contribution in [3.8, 4) is 5.75 Å². The van der Waals surface area contributed by atoms with E-state index in [0.717, 1.165) is 0 Å². The smallest absolute Gasteiger partial charge is 0.408 e. The SMILES string of the molecule is CC(C)(C)OC(=O)NCC(=O)NC1CC(=O)Oc2c(Br)cc(Cl)cc21. The Hall–Kier alpha value is -1.80. The van der Waals surface area contributed by atoms with Crippen LogP contribution in [0.2, 0.25) is 5.02 Å². The van der Waals surface area contributed by atoms with E-state index in [-0.39, 0.29) is 13.0 Å². The number of amides is 2. The summed E-state index contributed by atoms with van der Waals surface area (Å²) in [5.41, 5.74) is -0.0695. The number of hydrogen-bond donors (Lipinski definition) is 2. The molecule has 0 aromatic heterocycles. The molecule has 1 heterocycles. The van der Waals surface area contributed by atoms with E-state index in [9.17, 15) is 14.4 Å². The van der Waals surface area contributed by atoms with Crippen molar-refractivity contribution in [2.24, 2.45) is 0 Å². The Bertz CT molecular complexity index is 717. The molecule has 136 valence electrons. The van der Waals surface area contributed by atoms with Gasteiger partial charge in [-0.2, -0.15) is 0 Å². The zero-order valence-corrected chi connectivity index (χ0v) is 16.3. The first-order valence-electron chi connectivity index (χ1n) is 7.51. The molecule has 1 aliphatic heterocycles. The van der Waals surface area contributed by atoms with Gasteiger partial charge in [0.1, 0.15) is 17.9 Å². The Kier molecular flexibility index (Phi) is 5.95. The minimum atomic E-state index is -0.697. The number of carbonyl (C=O) groups is 3. The van der Waals surface area contributed by atoms with Crippen LogP contribution < -0.4 is 15.4 Å². The molecule has 9 heteroatoms. The van der Waals surface area contributed by atoms with Crippen LogP contribution in [0.5, 0.6) is 5.75 Å². The lowest BCUT2D eigenvalue weighted by atomic mass is 10.00. The minimum Gasteiger partial charge on any atom is -0.444 e. The van der Waals surface area contributed by atoms with E-state index in [1.165, 1.54) is 0 Å². The topological polar surface area (TPSA) is 93.7 Å². The van der Waals surface area contributed by atoms with E-state index in [0.29, 0.717) is 20.8 Å². The fourth-order valence-electron chi connectivity index (χ4n) is 2.22. The Morgan fingerprint density at radius 3 is 2.72 bits per heavy atom. The number of alkyl carbamates (subject to hydrolysis) is 1. The summed E-state index contributed by atoms with van der Waals surface area (Å²) < 4.78 is 10.8. The lowest BCUT2D eigenvalue weighted by molar-refractivity contribution is -0.136. The summed E-state index contributed by atoms with van der Waals surface area (Å²) >= 11 is 9.31. The summed E-state index contributed by atoms with van der Waals surface area (Å²) in [5.74, 6) is -0.611. The van der Waals surface area contributed by atoms with Crippen LogP contribution in [0, 0.1) is 0 Å². The molecule has 0 saturated carbocycles. The predicted octanol–water partition coefficient (Wildman–Crippen LogP) is 3.09. The fourth-order valence-corrected chi connectivity index (χ4v) is 3.13. The number of halogens is 2. The number of rotatable bonds is 3. The van der Waals surface area contributed by atoms with Crippen molar-refractivity contribution in [3.63, 3.8) is 0 Å². The van der Waals surface area contributed by atoms with E-state index in [1.807, 2.05) is 0 Å². The molecule has 1 aromatic rings. The van der Waals surface area contributed by atoms with E-state index in [4.69, 9.17) is 21.1 Å². The van der Waals surface area contributed by atoms with E-state index >= 15 is 0 Å². The summed E-state index contributed by atoms with van der Waals surface area (Å²) in [5, 5.41) is 5.49. The molecule has 1 unspecified atom stereocenters. The number of fused-ring (bicyclic) bond motifs is 1. The van der Waals surface area contributed by atoms with Crippen molar-refractivity contribution >= 4 is 45.5 Å². The van der Waals surface area contributed by atoms with Crippen molar-refractivity contribution in [2.45, 2.75) is 38.8 Å². The predicted molar refractivity (Wildman–Crippen MR) is 94.5 cm³/mol. The second-order valence-electron chi connectivity index (χ2n) is 6.46. The van der Waals surface area contributed by atoms with Gasteiger partial charge in [-0.05, 0) is 48.8 Å². The summed E-state index contributed by atoms with van der Waals surface area (Å²) in [4.78, 5) is 35.4. The average molecular weight is 434 g/mol. The Balaban J connectivity index is 2.02. The molecule has 0 spiro atoms. The van der Waals surface area contributed by atoms with Crippen LogP contribution in [-0.2, 0) is 14.3 Å². The van der Waals surface area contributed by atoms with Crippen molar-refractivity contribution in [3.05, 3.63) is 27.2 Å². The van der Waals surface area contributed by atoms with Gasteiger partial charge in [0, 0.05) is 10.6 Å². The van der Waals surface area contributed by atoms with Gasteiger partial charge in [0.25, 0.3) is 0 Å². The van der Waals surface area contributed by atoms with Gasteiger partial charge in [-0.1, -0.05) is 11.6 Å². The third kappa shape index (κ3) is 5.61. The summed E-state index contributed by atoms with van der Waals surface area (Å²) in [6.07, 6.45) is -0.727. The maximum Gasteiger partial charge on any atom is 0.408 e. The van der Waals surface area contributed by atoms with Crippen LogP contribution >= 0.6 is 27.5 Å². The molecule has 1 aromatic carbocycles. The number of hydrogen-bond acceptors (Lipinski definition) is 5. The molecule has 2 N–H and O–H groups in total. The van der Waals surface area contributed by atoms with E-state index in [2.05, 4.69) is 26.6 Å². The summed E-state index contributed by atoms with van der Waals surface area (Å²) in [7, 11) is 0. The van der Waals surface area contributed by atoms with Gasteiger partial charge in [-0.3, -0.25) is 9.59 Å². The highest BCUT2D eigenvalue weighted by Crippen LogP contribution is 2.40. The van der Waals surface area contributed by atoms with Gasteiger partial charge < -0.3 is 20.1 Å². The van der Waals surface area contributed by atoms with Crippen LogP contribution in [0.4, 0.5) is 4.79 Å². The highest BCUT2D eigenvalue weighted by molar-refractivity contribution is 9.10. The Morgan fingerprint density at radius 1 is 1.40 bits per heavy atom. The van der Waals surface area contributed by atoms with Gasteiger partial charge in [-0.15, -0.1) is 0 Å². The molecular formula is C16H18BrClN2O5. The number of benzene rings is 1. The molecule has 0 radical (unpaired) electrons. The van der Waals surface area contributed by atoms with Crippen LogP contribution in [0.25, 0.3) is 0 Å². The molecule has 2 amide bonds. The third-order valence-electron chi connectivity index (χ3n) is 3.13. The van der Waals surface area contributed by atoms with Crippen molar-refractivity contribution < 1.29 is 23.9 Å². The van der Waals surface area contributed by atoms with Gasteiger partial charge in [0.05, 0.1) is 16.9 Å². The first kappa shape index (κ1) is 19.5. The maximum atomic E-state index is 12.1. The number of carbonyl (C=O) groups excluding carboxylic acids is 3. The van der Waals surface area contributed by atoms with Gasteiger partial charge in [0.15, 0.2) is 0 Å². The van der Waals surface area contributed by atoms with Gasteiger partial charge in [-0.25, -0.2) is 4.79 Å². The lowest BCUT2D eigenvalue weighted by Gasteiger charge is -2.26. The number of nitrogens with one attached hydrogen (secondary N) is 2. The largest absolute Gasteiger partial charge is 0.444 e.